The number of halogens is 2. The van der Waals surface area contributed by atoms with Crippen molar-refractivity contribution in [1.29, 1.82) is 0 Å². The van der Waals surface area contributed by atoms with E-state index in [4.69, 9.17) is 17.1 Å². The Bertz CT molecular complexity index is 399. The molecule has 2 atom stereocenters. The number of nitrogens with two attached hydrogens (primary N) is 2. The number of benzene rings is 1. The van der Waals surface area contributed by atoms with E-state index in [0.717, 1.165) is 0 Å². The van der Waals surface area contributed by atoms with Gasteiger partial charge in [0.15, 0.2) is 6.04 Å². The molecule has 0 heterocycles. The van der Waals surface area contributed by atoms with Crippen molar-refractivity contribution in [2.24, 2.45) is 5.11 Å². The Morgan fingerprint density at radius 1 is 1.53 bits per heavy atom. The quantitative estimate of drug-likeness (QED) is 0.702. The Labute approximate surface area is 91.2 Å². The highest BCUT2D eigenvalue weighted by Crippen LogP contribution is 2.39. The van der Waals surface area contributed by atoms with Crippen LogP contribution < -0.4 is 5.53 Å². The molecule has 0 spiro atoms. The van der Waals surface area contributed by atoms with E-state index in [9.17, 15) is 9.50 Å². The van der Waals surface area contributed by atoms with E-state index in [0.29, 0.717) is 22.6 Å². The van der Waals surface area contributed by atoms with E-state index < -0.39 is 18.0 Å². The van der Waals surface area contributed by atoms with Gasteiger partial charge >= 0.3 is 0 Å². The first-order valence-electron chi connectivity index (χ1n) is 4.20. The van der Waals surface area contributed by atoms with Gasteiger partial charge in [-0.25, -0.2) is 4.39 Å². The van der Waals surface area contributed by atoms with Crippen LogP contribution in [-0.2, 0) is 6.42 Å². The first kappa shape index (κ1) is 12.0. The molecule has 4 nitrogen and oxygen atoms in total. The van der Waals surface area contributed by atoms with Crippen LogP contribution >= 0.6 is 11.6 Å². The minimum Gasteiger partial charge on any atom is -0.693 e. The summed E-state index contributed by atoms with van der Waals surface area (Å²) < 4.78 is 13.4. The van der Waals surface area contributed by atoms with Crippen molar-refractivity contribution in [1.82, 2.24) is 0 Å². The molecule has 0 aliphatic heterocycles. The fraction of sp³-hybridized carbons (Fsp3) is 0.333. The van der Waals surface area contributed by atoms with Crippen molar-refractivity contribution in [3.8, 4) is 0 Å². The van der Waals surface area contributed by atoms with Crippen LogP contribution in [0.2, 0.25) is 5.02 Å². The summed E-state index contributed by atoms with van der Waals surface area (Å²) in [6.45, 7) is 0. The van der Waals surface area contributed by atoms with Crippen LogP contribution in [0.3, 0.4) is 0 Å². The van der Waals surface area contributed by atoms with Crippen molar-refractivity contribution < 1.29 is 15.0 Å². The molecule has 82 valence electrons. The Morgan fingerprint density at radius 3 is 2.80 bits per heavy atom. The molecule has 1 aliphatic rings. The van der Waals surface area contributed by atoms with E-state index >= 15 is 0 Å². The van der Waals surface area contributed by atoms with Crippen LogP contribution in [-0.4, -0.2) is 11.2 Å². The summed E-state index contributed by atoms with van der Waals surface area (Å²) >= 11 is 5.87. The second-order valence-electron chi connectivity index (χ2n) is 3.29. The smallest absolute Gasteiger partial charge is 0.166 e. The van der Waals surface area contributed by atoms with Gasteiger partial charge in [0.2, 0.25) is 0 Å². The lowest BCUT2D eigenvalue weighted by Crippen LogP contribution is -2.28. The fourth-order valence-corrected chi connectivity index (χ4v) is 2.07. The molecule has 6 heteroatoms. The Kier molecular flexibility index (Phi) is 3.38. The number of rotatable bonds is 1. The van der Waals surface area contributed by atoms with Gasteiger partial charge in [0.25, 0.3) is 0 Å². The second-order valence-corrected chi connectivity index (χ2v) is 3.69. The monoisotopic (exact) mass is 231 g/mol. The Balaban J connectivity index is 0.00000112. The summed E-state index contributed by atoms with van der Waals surface area (Å²) in [6, 6.07) is 2.04. The van der Waals surface area contributed by atoms with Crippen LogP contribution in [0.5, 0.6) is 0 Å². The summed E-state index contributed by atoms with van der Waals surface area (Å²) in [6.07, 6.45) is -0.471. The van der Waals surface area contributed by atoms with E-state index in [-0.39, 0.29) is 6.15 Å². The van der Waals surface area contributed by atoms with Crippen molar-refractivity contribution >= 4 is 11.6 Å². The molecule has 0 amide bonds. The molecule has 0 saturated heterocycles. The Morgan fingerprint density at radius 2 is 2.20 bits per heavy atom. The highest BCUT2D eigenvalue weighted by Gasteiger charge is 2.36. The van der Waals surface area contributed by atoms with E-state index in [1.165, 1.54) is 12.1 Å². The third-order valence-electron chi connectivity index (χ3n) is 2.48. The molecule has 1 aromatic rings. The van der Waals surface area contributed by atoms with Gasteiger partial charge in [0.05, 0.1) is 6.10 Å². The fourth-order valence-electron chi connectivity index (χ4n) is 1.82. The average molecular weight is 232 g/mol. The first-order valence-corrected chi connectivity index (χ1v) is 4.58. The summed E-state index contributed by atoms with van der Waals surface area (Å²) in [5.74, 6) is -0.417. The number of hydrogen-bond donors (Lipinski definition) is 2. The standard InChI is InChI=1S/C9H8ClFN2O.H2N/c10-5-1-2-6(11)8-4(5)3-7(14)9(8)13-12;/h1-2,7,9,12,14H,3H2;1H2/q;-1/p+1/t7-,9+;/m1./s1. The summed E-state index contributed by atoms with van der Waals surface area (Å²) in [4.78, 5) is 0. The van der Waals surface area contributed by atoms with Crippen LogP contribution in [0.25, 0.3) is 6.15 Å². The molecule has 1 aliphatic carbocycles. The normalized spacial score (nSPS) is 23.1. The molecular weight excluding hydrogens is 221 g/mol. The minimum atomic E-state index is -0.774. The molecule has 0 bridgehead atoms. The predicted octanol–water partition coefficient (Wildman–Crippen LogP) is 1.37. The van der Waals surface area contributed by atoms with Crippen molar-refractivity contribution in [2.75, 3.05) is 0 Å². The maximum atomic E-state index is 13.4. The number of fused-ring (bicyclic) bond motifs is 1. The lowest BCUT2D eigenvalue weighted by Gasteiger charge is -2.05. The third-order valence-corrected chi connectivity index (χ3v) is 2.83. The molecule has 2 rings (SSSR count). The lowest BCUT2D eigenvalue weighted by atomic mass is 10.1. The molecule has 0 unspecified atom stereocenters. The number of aliphatic hydroxyl groups is 1. The average Bonchev–Trinajstić information content (AvgIpc) is 2.50. The molecule has 1 aromatic carbocycles. The van der Waals surface area contributed by atoms with Gasteiger partial charge in [0, 0.05) is 17.0 Å². The van der Waals surface area contributed by atoms with Crippen LogP contribution in [0.1, 0.15) is 17.2 Å². The first-order chi connectivity index (χ1) is 6.65. The maximum Gasteiger partial charge on any atom is 0.166 e. The molecule has 0 radical (unpaired) electrons. The van der Waals surface area contributed by atoms with Crippen LogP contribution in [0, 0.1) is 5.82 Å². The number of nitrogens with zero attached hydrogens (tertiary/aromatic N) is 1. The minimum absolute atomic E-state index is 0. The Hall–Kier alpha value is -1.04. The zero-order chi connectivity index (χ0) is 10.3. The topological polar surface area (TPSA) is 91.7 Å². The van der Waals surface area contributed by atoms with Crippen molar-refractivity contribution in [2.45, 2.75) is 18.6 Å². The van der Waals surface area contributed by atoms with Gasteiger partial charge in [-0.3, -0.25) is 0 Å². The number of hydrogen-bond acceptors (Lipinski definition) is 2. The van der Waals surface area contributed by atoms with Gasteiger partial charge < -0.3 is 11.3 Å². The van der Waals surface area contributed by atoms with Gasteiger partial charge in [-0.2, -0.15) is 5.53 Å². The zero-order valence-electron chi connectivity index (χ0n) is 7.82. The maximum absolute atomic E-state index is 13.4. The lowest BCUT2D eigenvalue weighted by molar-refractivity contribution is -0.233. The van der Waals surface area contributed by atoms with E-state index in [2.05, 4.69) is 5.11 Å². The summed E-state index contributed by atoms with van der Waals surface area (Å²) in [5.41, 5.74) is 6.05. The predicted molar refractivity (Wildman–Crippen MR) is 53.5 cm³/mol. The zero-order valence-corrected chi connectivity index (χ0v) is 8.58. The van der Waals surface area contributed by atoms with Crippen molar-refractivity contribution in [3.05, 3.63) is 40.3 Å². The molecule has 0 aromatic heterocycles. The number of aliphatic hydroxyl groups excluding tert-OH is 1. The van der Waals surface area contributed by atoms with Gasteiger partial charge in [-0.1, -0.05) is 11.6 Å². The molecular formula is C9H11ClFN3O. The third kappa shape index (κ3) is 1.73. The highest BCUT2D eigenvalue weighted by molar-refractivity contribution is 6.31. The van der Waals surface area contributed by atoms with Gasteiger partial charge in [-0.05, 0) is 22.8 Å². The SMILES string of the molecule is [NH2+]=N[C@@H]1c2c(F)ccc(Cl)c2C[C@H]1O.[NH2-]. The van der Waals surface area contributed by atoms with E-state index in [1.54, 1.807) is 0 Å². The molecule has 15 heavy (non-hydrogen) atoms. The molecule has 0 saturated carbocycles. The van der Waals surface area contributed by atoms with Gasteiger partial charge in [-0.15, -0.1) is 0 Å². The largest absolute Gasteiger partial charge is 0.693 e. The second kappa shape index (κ2) is 4.22. The van der Waals surface area contributed by atoms with Crippen LogP contribution in [0.15, 0.2) is 17.2 Å². The van der Waals surface area contributed by atoms with E-state index in [1.807, 2.05) is 0 Å². The summed E-state index contributed by atoms with van der Waals surface area (Å²) in [5, 5.41) is 13.5. The van der Waals surface area contributed by atoms with Gasteiger partial charge in [0.1, 0.15) is 5.82 Å². The van der Waals surface area contributed by atoms with Crippen LogP contribution in [0.4, 0.5) is 4.39 Å². The highest BCUT2D eigenvalue weighted by atomic mass is 35.5. The molecule has 0 fully saturated rings. The summed E-state index contributed by atoms with van der Waals surface area (Å²) in [7, 11) is 0. The van der Waals surface area contributed by atoms with Crippen molar-refractivity contribution in [3.63, 3.8) is 0 Å². The molecule has 5 N–H and O–H groups in total.